The zero-order valence-electron chi connectivity index (χ0n) is 11.5. The summed E-state index contributed by atoms with van der Waals surface area (Å²) in [4.78, 5) is 7.10. The van der Waals surface area contributed by atoms with E-state index in [0.29, 0.717) is 22.3 Å². The zero-order valence-corrected chi connectivity index (χ0v) is 13.9. The van der Waals surface area contributed by atoms with Crippen LogP contribution in [0, 0.1) is 11.7 Å². The fourth-order valence-corrected chi connectivity index (χ4v) is 4.35. The molecule has 0 aliphatic carbocycles. The number of piperidine rings is 3. The summed E-state index contributed by atoms with van der Waals surface area (Å²) >= 11 is 9.34. The van der Waals surface area contributed by atoms with Crippen molar-refractivity contribution >= 4 is 38.6 Å². The molecule has 3 nitrogen and oxygen atoms in total. The molecule has 6 heteroatoms. The van der Waals surface area contributed by atoms with E-state index in [9.17, 15) is 4.39 Å². The Balaban J connectivity index is 1.88. The van der Waals surface area contributed by atoms with Crippen LogP contribution in [0.25, 0.3) is 11.0 Å². The highest BCUT2D eigenvalue weighted by molar-refractivity contribution is 9.10. The first kappa shape index (κ1) is 14.0. The van der Waals surface area contributed by atoms with Crippen molar-refractivity contribution in [3.8, 4) is 0 Å². The van der Waals surface area contributed by atoms with Crippen LogP contribution in [-0.2, 0) is 5.88 Å². The Kier molecular flexibility index (Phi) is 3.47. The second kappa shape index (κ2) is 5.21. The number of benzene rings is 1. The van der Waals surface area contributed by atoms with Gasteiger partial charge in [0.25, 0.3) is 0 Å². The van der Waals surface area contributed by atoms with Crippen LogP contribution < -0.4 is 0 Å². The summed E-state index contributed by atoms with van der Waals surface area (Å²) in [6.07, 6.45) is 2.43. The minimum Gasteiger partial charge on any atom is -0.322 e. The van der Waals surface area contributed by atoms with Gasteiger partial charge in [0.15, 0.2) is 0 Å². The van der Waals surface area contributed by atoms with Crippen molar-refractivity contribution in [2.45, 2.75) is 24.8 Å². The van der Waals surface area contributed by atoms with E-state index in [1.54, 1.807) is 12.1 Å². The fourth-order valence-electron chi connectivity index (χ4n) is 3.83. The van der Waals surface area contributed by atoms with Crippen LogP contribution in [0.15, 0.2) is 16.6 Å². The van der Waals surface area contributed by atoms with Crippen LogP contribution in [0.4, 0.5) is 4.39 Å². The number of nitrogens with zero attached hydrogens (tertiary/aromatic N) is 3. The zero-order chi connectivity index (χ0) is 14.6. The van der Waals surface area contributed by atoms with Crippen LogP contribution in [0.2, 0.25) is 0 Å². The number of alkyl halides is 1. The molecule has 1 unspecified atom stereocenters. The number of aromatic nitrogens is 2. The Morgan fingerprint density at radius 2 is 2.10 bits per heavy atom. The third kappa shape index (κ3) is 2.21. The van der Waals surface area contributed by atoms with Crippen molar-refractivity contribution in [3.63, 3.8) is 0 Å². The molecule has 3 aliphatic heterocycles. The van der Waals surface area contributed by atoms with Crippen molar-refractivity contribution in [2.24, 2.45) is 5.92 Å². The largest absolute Gasteiger partial charge is 0.322 e. The van der Waals surface area contributed by atoms with E-state index < -0.39 is 0 Å². The molecule has 5 rings (SSSR count). The van der Waals surface area contributed by atoms with Gasteiger partial charge < -0.3 is 9.47 Å². The molecule has 1 aromatic heterocycles. The quantitative estimate of drug-likeness (QED) is 0.745. The Morgan fingerprint density at radius 1 is 1.33 bits per heavy atom. The number of rotatable bonds is 2. The minimum absolute atomic E-state index is 0.244. The topological polar surface area (TPSA) is 21.1 Å². The van der Waals surface area contributed by atoms with E-state index in [-0.39, 0.29) is 5.82 Å². The number of fused-ring (bicyclic) bond motifs is 4. The number of halogens is 3. The van der Waals surface area contributed by atoms with Gasteiger partial charge in [0, 0.05) is 12.6 Å². The lowest BCUT2D eigenvalue weighted by Crippen LogP contribution is -2.48. The molecular formula is C15H16BrClFN3. The van der Waals surface area contributed by atoms with Gasteiger partial charge in [-0.25, -0.2) is 9.37 Å². The first-order chi connectivity index (χ1) is 10.2. The minimum atomic E-state index is -0.244. The maximum Gasteiger partial charge on any atom is 0.139 e. The lowest BCUT2D eigenvalue weighted by atomic mass is 9.83. The van der Waals surface area contributed by atoms with Gasteiger partial charge in [-0.05, 0) is 53.8 Å². The predicted molar refractivity (Wildman–Crippen MR) is 85.1 cm³/mol. The summed E-state index contributed by atoms with van der Waals surface area (Å²) in [5.74, 6) is 1.62. The van der Waals surface area contributed by atoms with E-state index in [2.05, 4.69) is 30.4 Å². The average Bonchev–Trinajstić information content (AvgIpc) is 2.86. The number of imidazole rings is 1. The number of hydrogen-bond acceptors (Lipinski definition) is 2. The molecule has 3 saturated heterocycles. The van der Waals surface area contributed by atoms with Gasteiger partial charge in [0.05, 0.1) is 27.4 Å². The molecule has 1 aromatic carbocycles. The summed E-state index contributed by atoms with van der Waals surface area (Å²) in [6, 6.07) is 3.70. The molecule has 1 atom stereocenters. The third-order valence-electron chi connectivity index (χ3n) is 4.88. The standard InChI is InChI=1S/C15H16BrClFN3/c16-10-5-12-13(6-11(10)18)21(15(7-17)19-12)14-8-20-3-1-9(14)2-4-20/h5-6,9,14H,1-4,7-8H2. The predicted octanol–water partition coefficient (Wildman–Crippen LogP) is 3.94. The third-order valence-corrected chi connectivity index (χ3v) is 5.72. The maximum atomic E-state index is 14.0. The summed E-state index contributed by atoms with van der Waals surface area (Å²) in [5.41, 5.74) is 1.68. The van der Waals surface area contributed by atoms with Crippen LogP contribution in [0.1, 0.15) is 24.7 Å². The number of hydrogen-bond donors (Lipinski definition) is 0. The van der Waals surface area contributed by atoms with Crippen molar-refractivity contribution < 1.29 is 4.39 Å². The lowest BCUT2D eigenvalue weighted by Gasteiger charge is -2.45. The summed E-state index contributed by atoms with van der Waals surface area (Å²) in [6.45, 7) is 3.39. The van der Waals surface area contributed by atoms with Crippen LogP contribution in [-0.4, -0.2) is 34.1 Å². The molecule has 2 aromatic rings. The van der Waals surface area contributed by atoms with E-state index in [1.807, 2.05) is 0 Å². The van der Waals surface area contributed by atoms with Gasteiger partial charge in [-0.3, -0.25) is 0 Å². The van der Waals surface area contributed by atoms with Crippen molar-refractivity contribution in [2.75, 3.05) is 19.6 Å². The fraction of sp³-hybridized carbons (Fsp3) is 0.533. The SMILES string of the molecule is Fc1cc2c(cc1Br)nc(CCl)n2C1CN2CCC1CC2. The second-order valence-electron chi connectivity index (χ2n) is 5.99. The molecule has 3 fully saturated rings. The van der Waals surface area contributed by atoms with Gasteiger partial charge >= 0.3 is 0 Å². The summed E-state index contributed by atoms with van der Waals surface area (Å²) in [5, 5.41) is 0. The molecule has 0 radical (unpaired) electrons. The van der Waals surface area contributed by atoms with Crippen LogP contribution in [0.3, 0.4) is 0 Å². The van der Waals surface area contributed by atoms with E-state index in [0.717, 1.165) is 23.4 Å². The Hall–Kier alpha value is -0.650. The molecule has 3 aliphatic rings. The summed E-state index contributed by atoms with van der Waals surface area (Å²) < 4.78 is 16.6. The van der Waals surface area contributed by atoms with Crippen molar-refractivity contribution in [3.05, 3.63) is 28.2 Å². The second-order valence-corrected chi connectivity index (χ2v) is 7.11. The molecule has 0 spiro atoms. The molecule has 0 N–H and O–H groups in total. The first-order valence-electron chi connectivity index (χ1n) is 7.31. The lowest BCUT2D eigenvalue weighted by molar-refractivity contribution is 0.0578. The highest BCUT2D eigenvalue weighted by Crippen LogP contribution is 2.39. The molecule has 0 amide bonds. The molecular weight excluding hydrogens is 357 g/mol. The van der Waals surface area contributed by atoms with Crippen LogP contribution >= 0.6 is 27.5 Å². The normalized spacial score (nSPS) is 28.4. The maximum absolute atomic E-state index is 14.0. The smallest absolute Gasteiger partial charge is 0.139 e. The molecule has 112 valence electrons. The Bertz CT molecular complexity index is 694. The molecule has 21 heavy (non-hydrogen) atoms. The van der Waals surface area contributed by atoms with Crippen LogP contribution in [0.5, 0.6) is 0 Å². The highest BCUT2D eigenvalue weighted by atomic mass is 79.9. The molecule has 2 bridgehead atoms. The van der Waals surface area contributed by atoms with E-state index in [4.69, 9.17) is 11.6 Å². The van der Waals surface area contributed by atoms with Gasteiger partial charge in [0.1, 0.15) is 11.6 Å². The molecule has 4 heterocycles. The van der Waals surface area contributed by atoms with Gasteiger partial charge in [-0.1, -0.05) is 0 Å². The van der Waals surface area contributed by atoms with E-state index >= 15 is 0 Å². The molecule has 0 saturated carbocycles. The monoisotopic (exact) mass is 371 g/mol. The Labute approximate surface area is 136 Å². The van der Waals surface area contributed by atoms with Crippen molar-refractivity contribution in [1.82, 2.24) is 14.5 Å². The van der Waals surface area contributed by atoms with Gasteiger partial charge in [-0.2, -0.15) is 0 Å². The first-order valence-corrected chi connectivity index (χ1v) is 8.64. The van der Waals surface area contributed by atoms with E-state index in [1.165, 1.54) is 25.9 Å². The summed E-state index contributed by atoms with van der Waals surface area (Å²) in [7, 11) is 0. The average molecular weight is 373 g/mol. The van der Waals surface area contributed by atoms with Gasteiger partial charge in [0.2, 0.25) is 0 Å². The van der Waals surface area contributed by atoms with Crippen molar-refractivity contribution in [1.29, 1.82) is 0 Å². The Morgan fingerprint density at radius 3 is 2.71 bits per heavy atom. The van der Waals surface area contributed by atoms with Gasteiger partial charge in [-0.15, -0.1) is 11.6 Å². The highest BCUT2D eigenvalue weighted by Gasteiger charge is 2.36.